The first-order valence-corrected chi connectivity index (χ1v) is 14.3. The van der Waals surface area contributed by atoms with Crippen LogP contribution in [0.15, 0.2) is 84.9 Å². The van der Waals surface area contributed by atoms with Crippen molar-refractivity contribution < 1.29 is 23.9 Å². The molecular formula is C33H35N3O5. The Kier molecular flexibility index (Phi) is 9.08. The van der Waals surface area contributed by atoms with Crippen molar-refractivity contribution in [1.29, 1.82) is 0 Å². The maximum Gasteiger partial charge on any atom is 0.289 e. The predicted molar refractivity (Wildman–Crippen MR) is 154 cm³/mol. The largest absolute Gasteiger partial charge is 0.457 e. The SMILES string of the molecule is O=C(NC1CCCC1)C(=O)[C@@H]1CCCN1C(=O)[C@H](Cc1ccccc1)NC(=O)c1cccc(Oc2ccccc2)c1. The van der Waals surface area contributed by atoms with E-state index >= 15 is 0 Å². The van der Waals surface area contributed by atoms with Crippen molar-refractivity contribution in [2.75, 3.05) is 6.54 Å². The fourth-order valence-electron chi connectivity index (χ4n) is 5.60. The monoisotopic (exact) mass is 553 g/mol. The molecular weight excluding hydrogens is 518 g/mol. The van der Waals surface area contributed by atoms with Crippen LogP contribution in [0.1, 0.15) is 54.4 Å². The minimum absolute atomic E-state index is 0.0174. The Morgan fingerprint density at radius 2 is 1.49 bits per heavy atom. The van der Waals surface area contributed by atoms with Crippen molar-refractivity contribution in [3.63, 3.8) is 0 Å². The molecule has 2 atom stereocenters. The van der Waals surface area contributed by atoms with E-state index in [4.69, 9.17) is 4.74 Å². The van der Waals surface area contributed by atoms with Crippen LogP contribution in [-0.4, -0.2) is 53.1 Å². The van der Waals surface area contributed by atoms with E-state index < -0.39 is 29.7 Å². The highest BCUT2D eigenvalue weighted by Gasteiger charge is 2.40. The van der Waals surface area contributed by atoms with Crippen LogP contribution in [0, 0.1) is 0 Å². The molecule has 3 aromatic rings. The fraction of sp³-hybridized carbons (Fsp3) is 0.333. The lowest BCUT2D eigenvalue weighted by Gasteiger charge is -2.29. The summed E-state index contributed by atoms with van der Waals surface area (Å²) in [6.07, 6.45) is 5.10. The van der Waals surface area contributed by atoms with Crippen LogP contribution in [0.4, 0.5) is 0 Å². The van der Waals surface area contributed by atoms with Crippen LogP contribution < -0.4 is 15.4 Å². The summed E-state index contributed by atoms with van der Waals surface area (Å²) in [5.74, 6) is -0.877. The van der Waals surface area contributed by atoms with Crippen LogP contribution >= 0.6 is 0 Å². The van der Waals surface area contributed by atoms with Gasteiger partial charge in [-0.2, -0.15) is 0 Å². The van der Waals surface area contributed by atoms with Gasteiger partial charge in [-0.25, -0.2) is 0 Å². The van der Waals surface area contributed by atoms with Crippen molar-refractivity contribution in [3.05, 3.63) is 96.1 Å². The summed E-state index contributed by atoms with van der Waals surface area (Å²) in [5, 5.41) is 5.75. The summed E-state index contributed by atoms with van der Waals surface area (Å²) in [5.41, 5.74) is 1.21. The number of nitrogens with zero attached hydrogens (tertiary/aromatic N) is 1. The second-order valence-corrected chi connectivity index (χ2v) is 10.7. The van der Waals surface area contributed by atoms with Gasteiger partial charge in [-0.3, -0.25) is 19.2 Å². The Bertz CT molecular complexity index is 1370. The summed E-state index contributed by atoms with van der Waals surface area (Å²) in [6.45, 7) is 0.355. The second kappa shape index (κ2) is 13.3. The van der Waals surface area contributed by atoms with Gasteiger partial charge in [-0.1, -0.05) is 67.4 Å². The minimum Gasteiger partial charge on any atom is -0.457 e. The summed E-state index contributed by atoms with van der Waals surface area (Å²) in [6, 6.07) is 23.7. The highest BCUT2D eigenvalue weighted by atomic mass is 16.5. The minimum atomic E-state index is -0.921. The Morgan fingerprint density at radius 3 is 2.22 bits per heavy atom. The van der Waals surface area contributed by atoms with E-state index in [2.05, 4.69) is 10.6 Å². The van der Waals surface area contributed by atoms with Gasteiger partial charge in [0.25, 0.3) is 11.8 Å². The number of ether oxygens (including phenoxy) is 1. The normalized spacial score (nSPS) is 17.6. The van der Waals surface area contributed by atoms with Crippen LogP contribution in [-0.2, 0) is 20.8 Å². The zero-order valence-electron chi connectivity index (χ0n) is 23.0. The van der Waals surface area contributed by atoms with Crippen molar-refractivity contribution in [1.82, 2.24) is 15.5 Å². The fourth-order valence-corrected chi connectivity index (χ4v) is 5.60. The van der Waals surface area contributed by atoms with Crippen molar-refractivity contribution in [3.8, 4) is 11.5 Å². The van der Waals surface area contributed by atoms with Crippen molar-refractivity contribution in [2.24, 2.45) is 0 Å². The van der Waals surface area contributed by atoms with Gasteiger partial charge < -0.3 is 20.3 Å². The molecule has 2 N–H and O–H groups in total. The number of carbonyl (C=O) groups excluding carboxylic acids is 4. The van der Waals surface area contributed by atoms with Gasteiger partial charge in [-0.05, 0) is 61.6 Å². The third kappa shape index (κ3) is 7.20. The van der Waals surface area contributed by atoms with Crippen LogP contribution in [0.2, 0.25) is 0 Å². The number of amides is 3. The smallest absolute Gasteiger partial charge is 0.289 e. The molecule has 1 saturated carbocycles. The van der Waals surface area contributed by atoms with E-state index in [1.54, 1.807) is 24.3 Å². The lowest BCUT2D eigenvalue weighted by atomic mass is 10.0. The standard InChI is InChI=1S/C33H35N3O5/c37-30(32(39)34-25-14-7-8-15-25)29-19-10-20-36(29)33(40)28(21-23-11-3-1-4-12-23)35-31(38)24-13-9-18-27(22-24)41-26-16-5-2-6-17-26/h1-6,9,11-13,16-18,22,25,28-29H,7-8,10,14-15,19-21H2,(H,34,39)(H,35,38)/t28-,29-/m0/s1. The number of nitrogens with one attached hydrogen (secondary N) is 2. The predicted octanol–water partition coefficient (Wildman–Crippen LogP) is 4.44. The number of hydrogen-bond donors (Lipinski definition) is 2. The molecule has 1 heterocycles. The molecule has 8 nitrogen and oxygen atoms in total. The first kappa shape index (κ1) is 28.1. The molecule has 3 aromatic carbocycles. The van der Waals surface area contributed by atoms with Crippen LogP contribution in [0.25, 0.3) is 0 Å². The third-order valence-corrected chi connectivity index (χ3v) is 7.71. The Hall–Kier alpha value is -4.46. The zero-order valence-corrected chi connectivity index (χ0v) is 23.0. The molecule has 0 radical (unpaired) electrons. The molecule has 0 unspecified atom stereocenters. The van der Waals surface area contributed by atoms with E-state index in [0.29, 0.717) is 36.4 Å². The summed E-state index contributed by atoms with van der Waals surface area (Å²) in [4.78, 5) is 54.7. The first-order valence-electron chi connectivity index (χ1n) is 14.3. The molecule has 41 heavy (non-hydrogen) atoms. The maximum atomic E-state index is 13.9. The average molecular weight is 554 g/mol. The Labute approximate surface area is 240 Å². The van der Waals surface area contributed by atoms with Gasteiger partial charge in [0.05, 0.1) is 0 Å². The van der Waals surface area contributed by atoms with Gasteiger partial charge in [0.1, 0.15) is 23.6 Å². The molecule has 2 fully saturated rings. The van der Waals surface area contributed by atoms with Gasteiger partial charge in [0.15, 0.2) is 0 Å². The quantitative estimate of drug-likeness (QED) is 0.361. The topological polar surface area (TPSA) is 105 Å². The number of para-hydroxylation sites is 1. The first-order chi connectivity index (χ1) is 20.0. The number of benzene rings is 3. The molecule has 0 bridgehead atoms. The second-order valence-electron chi connectivity index (χ2n) is 10.7. The van der Waals surface area contributed by atoms with Crippen LogP contribution in [0.3, 0.4) is 0 Å². The van der Waals surface area contributed by atoms with Crippen molar-refractivity contribution >= 4 is 23.5 Å². The highest BCUT2D eigenvalue weighted by molar-refractivity contribution is 6.38. The molecule has 2 aliphatic rings. The highest BCUT2D eigenvalue weighted by Crippen LogP contribution is 2.24. The number of Topliss-reactive ketones (excluding diaryl/α,β-unsaturated/α-hetero) is 1. The Morgan fingerprint density at radius 1 is 0.805 bits per heavy atom. The summed E-state index contributed by atoms with van der Waals surface area (Å²) >= 11 is 0. The molecule has 1 aliphatic carbocycles. The van der Waals surface area contributed by atoms with E-state index in [-0.39, 0.29) is 18.4 Å². The lowest BCUT2D eigenvalue weighted by molar-refractivity contribution is -0.145. The Balaban J connectivity index is 1.32. The molecule has 5 rings (SSSR count). The van der Waals surface area contributed by atoms with Crippen LogP contribution in [0.5, 0.6) is 11.5 Å². The molecule has 0 spiro atoms. The van der Waals surface area contributed by atoms with Crippen molar-refractivity contribution in [2.45, 2.75) is 63.1 Å². The van der Waals surface area contributed by atoms with E-state index in [1.807, 2.05) is 60.7 Å². The summed E-state index contributed by atoms with van der Waals surface area (Å²) < 4.78 is 5.88. The molecule has 1 aliphatic heterocycles. The molecule has 8 heteroatoms. The number of ketones is 1. The number of hydrogen-bond acceptors (Lipinski definition) is 5. The van der Waals surface area contributed by atoms with E-state index in [1.165, 1.54) is 4.90 Å². The summed E-state index contributed by atoms with van der Waals surface area (Å²) in [7, 11) is 0. The maximum absolute atomic E-state index is 13.9. The third-order valence-electron chi connectivity index (χ3n) is 7.71. The number of carbonyl (C=O) groups is 4. The molecule has 3 amide bonds. The van der Waals surface area contributed by atoms with Gasteiger partial charge in [-0.15, -0.1) is 0 Å². The van der Waals surface area contributed by atoms with Gasteiger partial charge in [0, 0.05) is 24.6 Å². The average Bonchev–Trinajstić information content (AvgIpc) is 3.70. The zero-order chi connectivity index (χ0) is 28.6. The van der Waals surface area contributed by atoms with Gasteiger partial charge in [0.2, 0.25) is 11.7 Å². The molecule has 0 aromatic heterocycles. The number of rotatable bonds is 10. The lowest BCUT2D eigenvalue weighted by Crippen LogP contribution is -2.54. The molecule has 212 valence electrons. The molecule has 1 saturated heterocycles. The van der Waals surface area contributed by atoms with E-state index in [9.17, 15) is 19.2 Å². The number of likely N-dealkylation sites (tertiary alicyclic amines) is 1. The van der Waals surface area contributed by atoms with Gasteiger partial charge >= 0.3 is 0 Å². The van der Waals surface area contributed by atoms with E-state index in [0.717, 1.165) is 31.2 Å².